The van der Waals surface area contributed by atoms with Crippen molar-refractivity contribution >= 4 is 34.2 Å². The molecule has 1 aromatic carbocycles. The molecule has 1 nitrogen and oxygen atoms in total. The van der Waals surface area contributed by atoms with Crippen LogP contribution in [-0.4, -0.2) is 14.8 Å². The van der Waals surface area contributed by atoms with E-state index in [2.05, 4.69) is 48.5 Å². The Hall–Kier alpha value is -0.800. The van der Waals surface area contributed by atoms with Gasteiger partial charge in [0.1, 0.15) is 5.75 Å². The Morgan fingerprint density at radius 2 is 0.816 bits per heavy atom. The molecule has 0 aliphatic rings. The van der Waals surface area contributed by atoms with Gasteiger partial charge >= 0.3 is 0 Å². The predicted octanol–water partition coefficient (Wildman–Crippen LogP) is 12.1. The molecule has 218 valence electrons. The van der Waals surface area contributed by atoms with Crippen LogP contribution in [0.3, 0.4) is 0 Å². The number of hydrogen-bond donors (Lipinski definition) is 1. The molecular weight excluding hydrogens is 501 g/mol. The molecule has 0 unspecified atom stereocenters. The number of phenolic OH excluding ortho intramolecular Hbond substituents is 1. The van der Waals surface area contributed by atoms with Gasteiger partial charge in [0, 0.05) is 20.6 Å². The highest BCUT2D eigenvalue weighted by molar-refractivity contribution is 7.81. The molecule has 0 amide bonds. The molecule has 38 heavy (non-hydrogen) atoms. The summed E-state index contributed by atoms with van der Waals surface area (Å²) >= 11 is 12.4. The van der Waals surface area contributed by atoms with Gasteiger partial charge in [-0.1, -0.05) is 156 Å². The molecule has 1 N–H and O–H groups in total. The first-order valence-electron chi connectivity index (χ1n) is 15.8. The maximum Gasteiger partial charge on any atom is 0.122 e. The third kappa shape index (κ3) is 10.3. The topological polar surface area (TPSA) is 20.2 Å². The van der Waals surface area contributed by atoms with E-state index < -0.39 is 0 Å². The van der Waals surface area contributed by atoms with E-state index in [1.54, 1.807) is 0 Å². The summed E-state index contributed by atoms with van der Waals surface area (Å²) in [5.41, 5.74) is 4.90. The molecule has 0 atom stereocenters. The van der Waals surface area contributed by atoms with Crippen LogP contribution in [0.2, 0.25) is 0 Å². The van der Waals surface area contributed by atoms with E-state index in [1.807, 2.05) is 13.8 Å². The molecule has 0 radical (unpaired) electrons. The highest BCUT2D eigenvalue weighted by Crippen LogP contribution is 2.41. The highest BCUT2D eigenvalue weighted by atomic mass is 32.1. The van der Waals surface area contributed by atoms with Gasteiger partial charge in [0.05, 0.1) is 0 Å². The van der Waals surface area contributed by atoms with Crippen molar-refractivity contribution in [3.8, 4) is 5.75 Å². The molecule has 0 aliphatic carbocycles. The van der Waals surface area contributed by atoms with E-state index in [-0.39, 0.29) is 10.8 Å². The Morgan fingerprint density at radius 1 is 0.526 bits per heavy atom. The minimum absolute atomic E-state index is 0.0951. The van der Waals surface area contributed by atoms with Gasteiger partial charge in [0.15, 0.2) is 0 Å². The summed E-state index contributed by atoms with van der Waals surface area (Å²) in [5.74, 6) is 0.365. The summed E-state index contributed by atoms with van der Waals surface area (Å²) in [4.78, 5) is 1.95. The smallest absolute Gasteiger partial charge is 0.122 e. The van der Waals surface area contributed by atoms with Crippen LogP contribution < -0.4 is 0 Å². The molecule has 0 spiro atoms. The molecule has 0 aromatic heterocycles. The van der Waals surface area contributed by atoms with Crippen molar-refractivity contribution in [2.24, 2.45) is 10.8 Å². The Morgan fingerprint density at radius 3 is 1.13 bits per heavy atom. The molecule has 0 saturated heterocycles. The molecule has 0 saturated carbocycles. The van der Waals surface area contributed by atoms with Crippen molar-refractivity contribution in [1.82, 2.24) is 0 Å². The normalized spacial score (nSPS) is 12.2. The number of thiocarbonyl (C=S) groups is 2. The standard InChI is InChI=1S/C35H60OS2/c1-10-12-14-16-18-20-22-24-34(6,7)32(37)29-26(3)30(28(5)31(36)27(29)4)33(38)35(8,9)25-23-21-19-17-15-13-11-2/h36H,10-25H2,1-9H3. The van der Waals surface area contributed by atoms with Crippen LogP contribution in [0.25, 0.3) is 0 Å². The van der Waals surface area contributed by atoms with E-state index in [4.69, 9.17) is 24.4 Å². The van der Waals surface area contributed by atoms with E-state index in [0.29, 0.717) is 5.75 Å². The number of unbranched alkanes of at least 4 members (excludes halogenated alkanes) is 12. The number of rotatable bonds is 20. The van der Waals surface area contributed by atoms with Crippen LogP contribution >= 0.6 is 24.4 Å². The molecule has 3 heteroatoms. The summed E-state index contributed by atoms with van der Waals surface area (Å²) in [6.07, 6.45) is 20.4. The first-order valence-corrected chi connectivity index (χ1v) is 16.6. The van der Waals surface area contributed by atoms with Crippen molar-refractivity contribution in [3.63, 3.8) is 0 Å². The van der Waals surface area contributed by atoms with Crippen molar-refractivity contribution in [2.75, 3.05) is 0 Å². The third-order valence-electron chi connectivity index (χ3n) is 8.70. The zero-order chi connectivity index (χ0) is 28.9. The van der Waals surface area contributed by atoms with E-state index in [0.717, 1.165) is 50.4 Å². The average molecular weight is 561 g/mol. The van der Waals surface area contributed by atoms with Gasteiger partial charge in [-0.05, 0) is 61.4 Å². The van der Waals surface area contributed by atoms with Crippen LogP contribution in [0.1, 0.15) is 172 Å². The van der Waals surface area contributed by atoms with Gasteiger partial charge in [-0.3, -0.25) is 0 Å². The number of aromatic hydroxyl groups is 1. The van der Waals surface area contributed by atoms with Gasteiger partial charge in [-0.2, -0.15) is 0 Å². The molecular formula is C35H60OS2. The van der Waals surface area contributed by atoms with Crippen LogP contribution in [0, 0.1) is 31.6 Å². The molecule has 0 aliphatic heterocycles. The highest BCUT2D eigenvalue weighted by Gasteiger charge is 2.33. The van der Waals surface area contributed by atoms with Crippen molar-refractivity contribution in [3.05, 3.63) is 27.8 Å². The van der Waals surface area contributed by atoms with E-state index in [9.17, 15) is 5.11 Å². The predicted molar refractivity (Wildman–Crippen MR) is 178 cm³/mol. The Bertz CT molecular complexity index is 825. The first-order chi connectivity index (χ1) is 17.8. The molecule has 0 heterocycles. The van der Waals surface area contributed by atoms with Gasteiger partial charge in [0.2, 0.25) is 0 Å². The number of benzene rings is 1. The zero-order valence-electron chi connectivity index (χ0n) is 26.6. The summed E-state index contributed by atoms with van der Waals surface area (Å²) in [6, 6.07) is 0. The quantitative estimate of drug-likeness (QED) is 0.0972. The lowest BCUT2D eigenvalue weighted by molar-refractivity contribution is 0.440. The summed E-state index contributed by atoms with van der Waals surface area (Å²) < 4.78 is 0. The van der Waals surface area contributed by atoms with Crippen molar-refractivity contribution < 1.29 is 5.11 Å². The van der Waals surface area contributed by atoms with Gasteiger partial charge in [-0.15, -0.1) is 0 Å². The molecule has 0 fully saturated rings. The largest absolute Gasteiger partial charge is 0.507 e. The van der Waals surface area contributed by atoms with E-state index >= 15 is 0 Å². The first kappa shape index (κ1) is 35.2. The fourth-order valence-electron chi connectivity index (χ4n) is 5.84. The third-order valence-corrected chi connectivity index (χ3v) is 10.2. The Labute approximate surface area is 248 Å². The fourth-order valence-corrected chi connectivity index (χ4v) is 6.66. The molecule has 1 rings (SSSR count). The molecule has 0 bridgehead atoms. The van der Waals surface area contributed by atoms with Crippen LogP contribution in [-0.2, 0) is 0 Å². The Kier molecular flexibility index (Phi) is 15.9. The van der Waals surface area contributed by atoms with Crippen molar-refractivity contribution in [1.29, 1.82) is 0 Å². The van der Waals surface area contributed by atoms with E-state index in [1.165, 1.54) is 89.9 Å². The SMILES string of the molecule is CCCCCCCCCC(C)(C)C(=S)c1c(C)c(O)c(C)c(C(=S)C(C)(C)CCCCCCCCC)c1C. The van der Waals surface area contributed by atoms with Crippen LogP contribution in [0.5, 0.6) is 5.75 Å². The monoisotopic (exact) mass is 560 g/mol. The van der Waals surface area contributed by atoms with Gasteiger partial charge in [-0.25, -0.2) is 0 Å². The maximum absolute atomic E-state index is 11.2. The Balaban J connectivity index is 3.04. The van der Waals surface area contributed by atoms with Crippen LogP contribution in [0.4, 0.5) is 0 Å². The van der Waals surface area contributed by atoms with Crippen molar-refractivity contribution in [2.45, 2.75) is 165 Å². The lowest BCUT2D eigenvalue weighted by Gasteiger charge is -2.32. The minimum Gasteiger partial charge on any atom is -0.507 e. The lowest BCUT2D eigenvalue weighted by Crippen LogP contribution is -2.29. The minimum atomic E-state index is -0.0951. The maximum atomic E-state index is 11.2. The lowest BCUT2D eigenvalue weighted by atomic mass is 9.74. The van der Waals surface area contributed by atoms with Gasteiger partial charge in [0.25, 0.3) is 0 Å². The summed E-state index contributed by atoms with van der Waals surface area (Å²) in [7, 11) is 0. The fraction of sp³-hybridized carbons (Fsp3) is 0.771. The summed E-state index contributed by atoms with van der Waals surface area (Å²) in [5, 5.41) is 11.2. The molecule has 1 aromatic rings. The second-order valence-electron chi connectivity index (χ2n) is 13.1. The second kappa shape index (κ2) is 17.1. The number of hydrogen-bond acceptors (Lipinski definition) is 3. The zero-order valence-corrected chi connectivity index (χ0v) is 28.2. The number of phenols is 1. The summed E-state index contributed by atoms with van der Waals surface area (Å²) in [6.45, 7) is 19.9. The second-order valence-corrected chi connectivity index (χ2v) is 14.0. The van der Waals surface area contributed by atoms with Gasteiger partial charge < -0.3 is 5.11 Å². The van der Waals surface area contributed by atoms with Crippen LogP contribution in [0.15, 0.2) is 0 Å². The average Bonchev–Trinajstić information content (AvgIpc) is 2.86.